The van der Waals surface area contributed by atoms with Gasteiger partial charge >= 0.3 is 0 Å². The van der Waals surface area contributed by atoms with Crippen LogP contribution in [0.3, 0.4) is 0 Å². The van der Waals surface area contributed by atoms with Crippen LogP contribution in [0.1, 0.15) is 15.9 Å². The Kier molecular flexibility index (Phi) is 6.13. The first-order chi connectivity index (χ1) is 16.6. The quantitative estimate of drug-likeness (QED) is 0.254. The Balaban J connectivity index is 1.15. The van der Waals surface area contributed by atoms with E-state index in [1.807, 2.05) is 35.2 Å². The summed E-state index contributed by atoms with van der Waals surface area (Å²) in [5.41, 5.74) is 4.61. The molecule has 10 heteroatoms. The maximum Gasteiger partial charge on any atom is 0.269 e. The number of anilines is 1. The number of hydrogen-bond acceptors (Lipinski definition) is 7. The number of hydrogen-bond donors (Lipinski definition) is 1. The van der Waals surface area contributed by atoms with E-state index in [9.17, 15) is 14.9 Å². The summed E-state index contributed by atoms with van der Waals surface area (Å²) in [6.07, 6.45) is 3.49. The van der Waals surface area contributed by atoms with Gasteiger partial charge in [0.15, 0.2) is 5.16 Å². The van der Waals surface area contributed by atoms with Crippen molar-refractivity contribution in [3.63, 3.8) is 0 Å². The number of nitro benzene ring substituents is 1. The van der Waals surface area contributed by atoms with Crippen molar-refractivity contribution in [2.45, 2.75) is 10.9 Å². The molecule has 1 N–H and O–H groups in total. The molecule has 1 amide bonds. The summed E-state index contributed by atoms with van der Waals surface area (Å²) in [6, 6.07) is 16.1. The Bertz CT molecular complexity index is 1280. The van der Waals surface area contributed by atoms with Crippen LogP contribution in [0.5, 0.6) is 0 Å². The second-order valence-electron chi connectivity index (χ2n) is 7.97. The molecule has 34 heavy (non-hydrogen) atoms. The Morgan fingerprint density at radius 1 is 1.03 bits per heavy atom. The number of non-ortho nitro benzene ring substituents is 1. The van der Waals surface area contributed by atoms with E-state index >= 15 is 0 Å². The summed E-state index contributed by atoms with van der Waals surface area (Å²) in [4.78, 5) is 39.3. The maximum absolute atomic E-state index is 13.0. The van der Waals surface area contributed by atoms with Crippen molar-refractivity contribution in [2.24, 2.45) is 0 Å². The van der Waals surface area contributed by atoms with Gasteiger partial charge in [0.1, 0.15) is 0 Å². The van der Waals surface area contributed by atoms with Crippen LogP contribution < -0.4 is 4.90 Å². The number of aromatic nitrogens is 3. The van der Waals surface area contributed by atoms with Crippen molar-refractivity contribution in [2.75, 3.05) is 31.1 Å². The molecule has 3 heterocycles. The first-order valence-electron chi connectivity index (χ1n) is 10.9. The molecule has 0 aliphatic carbocycles. The van der Waals surface area contributed by atoms with Gasteiger partial charge in [0.25, 0.3) is 11.6 Å². The number of benzene rings is 2. The van der Waals surface area contributed by atoms with Gasteiger partial charge in [0, 0.05) is 61.5 Å². The van der Waals surface area contributed by atoms with Gasteiger partial charge in [0.2, 0.25) is 0 Å². The molecule has 0 unspecified atom stereocenters. The summed E-state index contributed by atoms with van der Waals surface area (Å²) in [7, 11) is 0. The molecule has 1 fully saturated rings. The van der Waals surface area contributed by atoms with E-state index in [-0.39, 0.29) is 11.6 Å². The number of fused-ring (bicyclic) bond motifs is 1. The molecule has 2 aromatic carbocycles. The third-order valence-corrected chi connectivity index (χ3v) is 6.78. The smallest absolute Gasteiger partial charge is 0.269 e. The molecular formula is C24H22N6O3S. The van der Waals surface area contributed by atoms with Crippen LogP contribution in [0.25, 0.3) is 11.0 Å². The van der Waals surface area contributed by atoms with Crippen molar-refractivity contribution in [1.29, 1.82) is 0 Å². The lowest BCUT2D eigenvalue weighted by molar-refractivity contribution is -0.384. The molecule has 1 saturated heterocycles. The molecule has 1 aliphatic heterocycles. The van der Waals surface area contributed by atoms with Crippen LogP contribution in [-0.4, -0.2) is 56.9 Å². The van der Waals surface area contributed by atoms with Gasteiger partial charge in [0.05, 0.1) is 22.2 Å². The van der Waals surface area contributed by atoms with E-state index in [1.54, 1.807) is 36.3 Å². The van der Waals surface area contributed by atoms with E-state index in [1.165, 1.54) is 12.1 Å². The number of carbonyl (C=O) groups excluding carboxylic acids is 1. The minimum atomic E-state index is -0.402. The SMILES string of the molecule is O=C(c1ccc(CSc2nc3ccncc3[nH]2)cc1)N1CCN(c2ccc([N+](=O)[O-])cc2)CC1. The summed E-state index contributed by atoms with van der Waals surface area (Å²) in [5, 5.41) is 11.7. The Morgan fingerprint density at radius 2 is 1.76 bits per heavy atom. The van der Waals surface area contributed by atoms with Gasteiger partial charge in [-0.05, 0) is 35.9 Å². The van der Waals surface area contributed by atoms with Crippen LogP contribution in [0.2, 0.25) is 0 Å². The topological polar surface area (TPSA) is 108 Å². The van der Waals surface area contributed by atoms with Crippen molar-refractivity contribution >= 4 is 40.1 Å². The number of imidazole rings is 1. The summed E-state index contributed by atoms with van der Waals surface area (Å²) in [5.74, 6) is 0.766. The third-order valence-electron chi connectivity index (χ3n) is 5.83. The normalized spacial score (nSPS) is 13.9. The number of piperazine rings is 1. The zero-order valence-corrected chi connectivity index (χ0v) is 19.1. The molecule has 5 rings (SSSR count). The lowest BCUT2D eigenvalue weighted by atomic mass is 10.1. The average Bonchev–Trinajstić information content (AvgIpc) is 3.31. The Morgan fingerprint density at radius 3 is 2.44 bits per heavy atom. The molecule has 4 aromatic rings. The molecule has 2 aromatic heterocycles. The fraction of sp³-hybridized carbons (Fsp3) is 0.208. The van der Waals surface area contributed by atoms with Gasteiger partial charge in [-0.25, -0.2) is 4.98 Å². The second-order valence-corrected chi connectivity index (χ2v) is 8.94. The number of aromatic amines is 1. The number of carbonyl (C=O) groups is 1. The molecule has 0 spiro atoms. The molecular weight excluding hydrogens is 452 g/mol. The summed E-state index contributed by atoms with van der Waals surface area (Å²) >= 11 is 1.61. The number of H-pyrrole nitrogens is 1. The number of nitro groups is 1. The fourth-order valence-corrected chi connectivity index (χ4v) is 4.77. The predicted octanol–water partition coefficient (Wildman–Crippen LogP) is 4.12. The molecule has 0 saturated carbocycles. The first-order valence-corrected chi connectivity index (χ1v) is 11.9. The predicted molar refractivity (Wildman–Crippen MR) is 131 cm³/mol. The molecule has 172 valence electrons. The van der Waals surface area contributed by atoms with E-state index in [2.05, 4.69) is 19.9 Å². The van der Waals surface area contributed by atoms with Crippen LogP contribution in [0.15, 0.2) is 72.1 Å². The largest absolute Gasteiger partial charge is 0.368 e. The maximum atomic E-state index is 13.0. The lowest BCUT2D eigenvalue weighted by Gasteiger charge is -2.36. The molecule has 1 aliphatic rings. The fourth-order valence-electron chi connectivity index (χ4n) is 3.93. The molecule has 0 atom stereocenters. The van der Waals surface area contributed by atoms with Crippen LogP contribution in [0.4, 0.5) is 11.4 Å². The van der Waals surface area contributed by atoms with Gasteiger partial charge < -0.3 is 14.8 Å². The van der Waals surface area contributed by atoms with Crippen LogP contribution in [0, 0.1) is 10.1 Å². The number of nitrogens with zero attached hydrogens (tertiary/aromatic N) is 5. The number of thioether (sulfide) groups is 1. The van der Waals surface area contributed by atoms with E-state index in [4.69, 9.17) is 0 Å². The van der Waals surface area contributed by atoms with Crippen molar-refractivity contribution in [1.82, 2.24) is 19.9 Å². The highest BCUT2D eigenvalue weighted by Crippen LogP contribution is 2.24. The van der Waals surface area contributed by atoms with Crippen molar-refractivity contribution in [3.8, 4) is 0 Å². The Hall–Kier alpha value is -3.92. The van der Waals surface area contributed by atoms with E-state index in [0.717, 1.165) is 33.2 Å². The number of nitrogens with one attached hydrogen (secondary N) is 1. The van der Waals surface area contributed by atoms with Crippen molar-refractivity contribution < 1.29 is 9.72 Å². The van der Waals surface area contributed by atoms with E-state index < -0.39 is 4.92 Å². The monoisotopic (exact) mass is 474 g/mol. The summed E-state index contributed by atoms with van der Waals surface area (Å²) < 4.78 is 0. The summed E-state index contributed by atoms with van der Waals surface area (Å²) in [6.45, 7) is 2.58. The molecule has 9 nitrogen and oxygen atoms in total. The van der Waals surface area contributed by atoms with Gasteiger partial charge in [-0.1, -0.05) is 23.9 Å². The highest BCUT2D eigenvalue weighted by molar-refractivity contribution is 7.98. The zero-order chi connectivity index (χ0) is 23.5. The third kappa shape index (κ3) is 4.72. The van der Waals surface area contributed by atoms with Crippen molar-refractivity contribution in [3.05, 3.63) is 88.2 Å². The number of pyridine rings is 1. The second kappa shape index (κ2) is 9.52. The van der Waals surface area contributed by atoms with Crippen LogP contribution >= 0.6 is 11.8 Å². The highest BCUT2D eigenvalue weighted by atomic mass is 32.2. The van der Waals surface area contributed by atoms with Gasteiger partial charge in [-0.3, -0.25) is 19.9 Å². The minimum Gasteiger partial charge on any atom is -0.368 e. The standard InChI is InChI=1S/C24H22N6O3S/c31-23(29-13-11-28(12-14-29)19-5-7-20(8-6-19)30(32)33)18-3-1-17(2-4-18)16-34-24-26-21-9-10-25-15-22(21)27-24/h1-10,15H,11-14,16H2,(H,26,27). The minimum absolute atomic E-state index is 0.0207. The molecule has 0 bridgehead atoms. The number of rotatable bonds is 6. The van der Waals surface area contributed by atoms with Gasteiger partial charge in [-0.2, -0.15) is 0 Å². The lowest BCUT2D eigenvalue weighted by Crippen LogP contribution is -2.48. The first kappa shape index (κ1) is 21.9. The van der Waals surface area contributed by atoms with Crippen LogP contribution in [-0.2, 0) is 5.75 Å². The molecule has 0 radical (unpaired) electrons. The zero-order valence-electron chi connectivity index (χ0n) is 18.3. The number of amides is 1. The Labute approximate surface area is 200 Å². The highest BCUT2D eigenvalue weighted by Gasteiger charge is 2.22. The van der Waals surface area contributed by atoms with Gasteiger partial charge in [-0.15, -0.1) is 0 Å². The van der Waals surface area contributed by atoms with E-state index in [0.29, 0.717) is 31.7 Å². The average molecular weight is 475 g/mol.